The van der Waals surface area contributed by atoms with Crippen LogP contribution in [0.1, 0.15) is 36.5 Å². The molecule has 5 heteroatoms. The van der Waals surface area contributed by atoms with Gasteiger partial charge in [-0.1, -0.05) is 17.7 Å². The quantitative estimate of drug-likeness (QED) is 0.877. The summed E-state index contributed by atoms with van der Waals surface area (Å²) in [6, 6.07) is 4.01. The van der Waals surface area contributed by atoms with Crippen molar-refractivity contribution in [2.24, 2.45) is 0 Å². The Hall–Kier alpha value is -2.17. The minimum absolute atomic E-state index is 0.0243. The average molecular weight is 304 g/mol. The molecule has 0 spiro atoms. The van der Waals surface area contributed by atoms with Crippen molar-refractivity contribution in [3.05, 3.63) is 28.8 Å². The summed E-state index contributed by atoms with van der Waals surface area (Å²) in [7, 11) is 1.57. The molecule has 2 amide bonds. The molecular formula is C17H24N2O3. The molecule has 0 bridgehead atoms. The molecular weight excluding hydrogens is 280 g/mol. The highest BCUT2D eigenvalue weighted by atomic mass is 16.2. The summed E-state index contributed by atoms with van der Waals surface area (Å²) in [6.45, 7) is 7.31. The van der Waals surface area contributed by atoms with Crippen LogP contribution in [0.15, 0.2) is 12.1 Å². The molecule has 1 aromatic carbocycles. The molecule has 0 aromatic heterocycles. The minimum atomic E-state index is -0.242. The molecule has 0 saturated carbocycles. The number of carbonyl (C=O) groups excluding carboxylic acids is 3. The van der Waals surface area contributed by atoms with Crippen molar-refractivity contribution >= 4 is 23.3 Å². The molecule has 22 heavy (non-hydrogen) atoms. The van der Waals surface area contributed by atoms with Crippen molar-refractivity contribution in [3.8, 4) is 0 Å². The third kappa shape index (κ3) is 5.31. The van der Waals surface area contributed by atoms with Gasteiger partial charge in [0.2, 0.25) is 11.8 Å². The Balaban J connectivity index is 2.63. The predicted molar refractivity (Wildman–Crippen MR) is 86.8 cm³/mol. The Kier molecular flexibility index (Phi) is 6.28. The van der Waals surface area contributed by atoms with Gasteiger partial charge in [0.15, 0.2) is 0 Å². The molecule has 0 aliphatic heterocycles. The summed E-state index contributed by atoms with van der Waals surface area (Å²) >= 11 is 0. The van der Waals surface area contributed by atoms with Gasteiger partial charge in [-0.25, -0.2) is 0 Å². The zero-order chi connectivity index (χ0) is 16.9. The third-order valence-electron chi connectivity index (χ3n) is 3.44. The normalized spacial score (nSPS) is 10.2. The number of amides is 2. The average Bonchev–Trinajstić information content (AvgIpc) is 2.39. The van der Waals surface area contributed by atoms with E-state index in [9.17, 15) is 14.4 Å². The Morgan fingerprint density at radius 2 is 1.59 bits per heavy atom. The van der Waals surface area contributed by atoms with Crippen LogP contribution in [0.25, 0.3) is 0 Å². The summed E-state index contributed by atoms with van der Waals surface area (Å²) in [5.41, 5.74) is 3.93. The van der Waals surface area contributed by atoms with Gasteiger partial charge in [0.05, 0.1) is 6.54 Å². The number of ketones is 1. The van der Waals surface area contributed by atoms with E-state index in [1.165, 1.54) is 11.8 Å². The number of aryl methyl sites for hydroxylation is 3. The van der Waals surface area contributed by atoms with E-state index in [1.54, 1.807) is 7.05 Å². The molecule has 0 saturated heterocycles. The first kappa shape index (κ1) is 17.9. The molecule has 0 aliphatic rings. The van der Waals surface area contributed by atoms with Gasteiger partial charge in [0.1, 0.15) is 5.78 Å². The van der Waals surface area contributed by atoms with Crippen molar-refractivity contribution in [1.29, 1.82) is 0 Å². The number of nitrogens with zero attached hydrogens (tertiary/aromatic N) is 1. The maximum absolute atomic E-state index is 12.1. The standard InChI is InChI=1S/C17H24N2O3/c1-11-8-12(2)17(13(3)9-11)18-15(21)10-19(5)16(22)7-6-14(4)20/h8-9H,6-7,10H2,1-5H3,(H,18,21). The number of nitrogens with one attached hydrogen (secondary N) is 1. The van der Waals surface area contributed by atoms with Gasteiger partial charge in [0.25, 0.3) is 0 Å². The highest BCUT2D eigenvalue weighted by Crippen LogP contribution is 2.21. The highest BCUT2D eigenvalue weighted by molar-refractivity contribution is 5.96. The van der Waals surface area contributed by atoms with Crippen LogP contribution in [0, 0.1) is 20.8 Å². The predicted octanol–water partition coefficient (Wildman–Crippen LogP) is 2.38. The number of benzene rings is 1. The van der Waals surface area contributed by atoms with Crippen molar-refractivity contribution in [2.45, 2.75) is 40.5 Å². The lowest BCUT2D eigenvalue weighted by Gasteiger charge is -2.18. The Morgan fingerprint density at radius 3 is 2.09 bits per heavy atom. The van der Waals surface area contributed by atoms with E-state index in [2.05, 4.69) is 5.32 Å². The topological polar surface area (TPSA) is 66.5 Å². The van der Waals surface area contributed by atoms with Crippen LogP contribution in [-0.4, -0.2) is 36.1 Å². The second-order valence-corrected chi connectivity index (χ2v) is 5.77. The number of likely N-dealkylation sites (N-methyl/N-ethyl adjacent to an activating group) is 1. The van der Waals surface area contributed by atoms with Crippen molar-refractivity contribution < 1.29 is 14.4 Å². The van der Waals surface area contributed by atoms with Gasteiger partial charge >= 0.3 is 0 Å². The van der Waals surface area contributed by atoms with E-state index in [0.717, 1.165) is 22.4 Å². The van der Waals surface area contributed by atoms with E-state index in [4.69, 9.17) is 0 Å². The number of hydrogen-bond acceptors (Lipinski definition) is 3. The fraction of sp³-hybridized carbons (Fsp3) is 0.471. The van der Waals surface area contributed by atoms with Gasteiger partial charge < -0.3 is 15.0 Å². The molecule has 1 aromatic rings. The van der Waals surface area contributed by atoms with E-state index in [-0.39, 0.29) is 37.0 Å². The van der Waals surface area contributed by atoms with Crippen LogP contribution in [0.2, 0.25) is 0 Å². The monoisotopic (exact) mass is 304 g/mol. The number of anilines is 1. The van der Waals surface area contributed by atoms with Crippen molar-refractivity contribution in [2.75, 3.05) is 18.9 Å². The first-order chi connectivity index (χ1) is 10.2. The van der Waals surface area contributed by atoms with Crippen LogP contribution >= 0.6 is 0 Å². The van der Waals surface area contributed by atoms with Crippen LogP contribution in [0.4, 0.5) is 5.69 Å². The third-order valence-corrected chi connectivity index (χ3v) is 3.44. The minimum Gasteiger partial charge on any atom is -0.336 e. The summed E-state index contributed by atoms with van der Waals surface area (Å²) in [4.78, 5) is 36.1. The lowest BCUT2D eigenvalue weighted by atomic mass is 10.1. The lowest BCUT2D eigenvalue weighted by molar-refractivity contribution is -0.134. The summed E-state index contributed by atoms with van der Waals surface area (Å²) in [6.07, 6.45) is 0.350. The largest absolute Gasteiger partial charge is 0.336 e. The molecule has 0 heterocycles. The number of Topliss-reactive ketones (excluding diaryl/α,β-unsaturated/α-hetero) is 1. The maximum Gasteiger partial charge on any atom is 0.243 e. The fourth-order valence-corrected chi connectivity index (χ4v) is 2.33. The second kappa shape index (κ2) is 7.73. The summed E-state index contributed by atoms with van der Waals surface area (Å²) < 4.78 is 0. The number of rotatable bonds is 6. The number of hydrogen-bond donors (Lipinski definition) is 1. The van der Waals surface area contributed by atoms with Gasteiger partial charge in [-0.15, -0.1) is 0 Å². The van der Waals surface area contributed by atoms with Crippen LogP contribution in [-0.2, 0) is 14.4 Å². The lowest BCUT2D eigenvalue weighted by Crippen LogP contribution is -2.35. The molecule has 0 fully saturated rings. The fourth-order valence-electron chi connectivity index (χ4n) is 2.33. The van der Waals surface area contributed by atoms with E-state index in [1.807, 2.05) is 32.9 Å². The SMILES string of the molecule is CC(=O)CCC(=O)N(C)CC(=O)Nc1c(C)cc(C)cc1C. The molecule has 1 rings (SSSR count). The molecule has 120 valence electrons. The smallest absolute Gasteiger partial charge is 0.243 e. The Labute approximate surface area is 131 Å². The first-order valence-corrected chi connectivity index (χ1v) is 7.31. The first-order valence-electron chi connectivity index (χ1n) is 7.31. The van der Waals surface area contributed by atoms with Crippen LogP contribution in [0.3, 0.4) is 0 Å². The molecule has 0 unspecified atom stereocenters. The van der Waals surface area contributed by atoms with Crippen LogP contribution in [0.5, 0.6) is 0 Å². The summed E-state index contributed by atoms with van der Waals surface area (Å²) in [5, 5.41) is 2.86. The Bertz CT molecular complexity index is 571. The molecule has 1 N–H and O–H groups in total. The highest BCUT2D eigenvalue weighted by Gasteiger charge is 2.15. The summed E-state index contributed by atoms with van der Waals surface area (Å²) in [5.74, 6) is -0.478. The van der Waals surface area contributed by atoms with Crippen LogP contribution < -0.4 is 5.32 Å². The van der Waals surface area contributed by atoms with Crippen molar-refractivity contribution in [1.82, 2.24) is 4.90 Å². The van der Waals surface area contributed by atoms with Gasteiger partial charge in [-0.3, -0.25) is 9.59 Å². The second-order valence-electron chi connectivity index (χ2n) is 5.77. The van der Waals surface area contributed by atoms with Crippen molar-refractivity contribution in [3.63, 3.8) is 0 Å². The molecule has 5 nitrogen and oxygen atoms in total. The van der Waals surface area contributed by atoms with E-state index >= 15 is 0 Å². The number of carbonyl (C=O) groups is 3. The zero-order valence-electron chi connectivity index (χ0n) is 13.9. The van der Waals surface area contributed by atoms with Gasteiger partial charge in [0, 0.05) is 25.6 Å². The van der Waals surface area contributed by atoms with E-state index < -0.39 is 0 Å². The van der Waals surface area contributed by atoms with Gasteiger partial charge in [-0.2, -0.15) is 0 Å². The molecule has 0 atom stereocenters. The molecule has 0 radical (unpaired) electrons. The van der Waals surface area contributed by atoms with Gasteiger partial charge in [-0.05, 0) is 38.8 Å². The van der Waals surface area contributed by atoms with E-state index in [0.29, 0.717) is 0 Å². The Morgan fingerprint density at radius 1 is 1.05 bits per heavy atom. The molecule has 0 aliphatic carbocycles. The maximum atomic E-state index is 12.1. The zero-order valence-corrected chi connectivity index (χ0v) is 13.9.